The number of carbonyl (C=O) groups excluding carboxylic acids is 2. The maximum absolute atomic E-state index is 13.3. The summed E-state index contributed by atoms with van der Waals surface area (Å²) < 4.78 is 45.2. The van der Waals surface area contributed by atoms with E-state index < -0.39 is 35.4 Å². The van der Waals surface area contributed by atoms with Crippen LogP contribution in [0.15, 0.2) is 30.6 Å². The molecule has 0 aliphatic carbocycles. The van der Waals surface area contributed by atoms with Gasteiger partial charge in [0.25, 0.3) is 5.91 Å². The third-order valence-electron chi connectivity index (χ3n) is 6.56. The molecular weight excluding hydrogens is 513 g/mol. The van der Waals surface area contributed by atoms with Crippen molar-refractivity contribution in [2.24, 2.45) is 0 Å². The van der Waals surface area contributed by atoms with E-state index in [-0.39, 0.29) is 12.1 Å². The number of hydrogen-bond donors (Lipinski definition) is 3. The molecule has 39 heavy (non-hydrogen) atoms. The summed E-state index contributed by atoms with van der Waals surface area (Å²) >= 11 is 0. The van der Waals surface area contributed by atoms with E-state index in [1.165, 1.54) is 12.4 Å². The van der Waals surface area contributed by atoms with E-state index in [0.717, 1.165) is 23.5 Å². The second-order valence-corrected chi connectivity index (χ2v) is 11.2. The van der Waals surface area contributed by atoms with Crippen LogP contribution in [-0.2, 0) is 4.74 Å². The fourth-order valence-electron chi connectivity index (χ4n) is 4.60. The van der Waals surface area contributed by atoms with Gasteiger partial charge >= 0.3 is 12.3 Å². The van der Waals surface area contributed by atoms with Gasteiger partial charge in [-0.25, -0.2) is 9.78 Å². The Morgan fingerprint density at radius 2 is 1.92 bits per heavy atom. The summed E-state index contributed by atoms with van der Waals surface area (Å²) in [6.07, 6.45) is -1.90. The number of hydrogen-bond acceptors (Lipinski definition) is 6. The molecule has 1 fully saturated rings. The zero-order valence-corrected chi connectivity index (χ0v) is 22.8. The molecule has 12 heteroatoms. The minimum absolute atomic E-state index is 0.0257. The number of ether oxygens (including phenoxy) is 1. The number of fused-ring (bicyclic) bond motifs is 1. The number of rotatable bonds is 5. The lowest BCUT2D eigenvalue weighted by Crippen LogP contribution is -2.49. The number of aryl methyl sites for hydroxylation is 1. The summed E-state index contributed by atoms with van der Waals surface area (Å²) in [6, 6.07) is 3.61. The summed E-state index contributed by atoms with van der Waals surface area (Å²) in [5.74, 6) is -0.487. The van der Waals surface area contributed by atoms with Crippen LogP contribution < -0.4 is 15.5 Å². The highest BCUT2D eigenvalue weighted by Crippen LogP contribution is 2.37. The average Bonchev–Trinajstić information content (AvgIpc) is 3.41. The summed E-state index contributed by atoms with van der Waals surface area (Å²) in [5.41, 5.74) is 1.85. The van der Waals surface area contributed by atoms with Crippen molar-refractivity contribution in [3.63, 3.8) is 0 Å². The van der Waals surface area contributed by atoms with E-state index in [1.54, 1.807) is 20.8 Å². The molecule has 1 aromatic carbocycles. The van der Waals surface area contributed by atoms with Crippen LogP contribution >= 0.6 is 0 Å². The maximum atomic E-state index is 13.3. The van der Waals surface area contributed by atoms with E-state index in [4.69, 9.17) is 9.72 Å². The number of carbonyl (C=O) groups is 2. The van der Waals surface area contributed by atoms with E-state index >= 15 is 0 Å². The standard InChI is InChI=1S/C27H33F3N6O3/c1-15-8-7-9-19-20(15)34-22(33-19)17-12-31-13-18(23(37)32-16(2)27(28,29)30)21(17)36-11-10-26(6,14-36)35-24(38)39-25(3,4)5/h7-9,12-13,16H,10-11,14H2,1-6H3,(H,32,37)(H,33,34)(H,35,38)/t16?,26-/m0/s1. The van der Waals surface area contributed by atoms with Gasteiger partial charge in [0.2, 0.25) is 0 Å². The molecule has 3 N–H and O–H groups in total. The van der Waals surface area contributed by atoms with Crippen molar-refractivity contribution in [3.8, 4) is 11.4 Å². The predicted octanol–water partition coefficient (Wildman–Crippen LogP) is 5.11. The number of anilines is 1. The topological polar surface area (TPSA) is 112 Å². The Kier molecular flexibility index (Phi) is 7.26. The van der Waals surface area contributed by atoms with E-state index in [0.29, 0.717) is 30.0 Å². The number of pyridine rings is 1. The van der Waals surface area contributed by atoms with Gasteiger partial charge < -0.3 is 25.3 Å². The third kappa shape index (κ3) is 6.26. The van der Waals surface area contributed by atoms with Crippen LogP contribution in [0.25, 0.3) is 22.4 Å². The van der Waals surface area contributed by atoms with Crippen molar-refractivity contribution in [1.29, 1.82) is 0 Å². The van der Waals surface area contributed by atoms with Crippen LogP contribution in [0.3, 0.4) is 0 Å². The van der Waals surface area contributed by atoms with Gasteiger partial charge in [-0.1, -0.05) is 12.1 Å². The van der Waals surface area contributed by atoms with Crippen LogP contribution in [0.1, 0.15) is 57.0 Å². The Bertz CT molecular complexity index is 1400. The summed E-state index contributed by atoms with van der Waals surface area (Å²) in [7, 11) is 0. The maximum Gasteiger partial charge on any atom is 0.408 e. The Morgan fingerprint density at radius 1 is 1.21 bits per heavy atom. The van der Waals surface area contributed by atoms with E-state index in [2.05, 4.69) is 15.3 Å². The molecule has 1 saturated heterocycles. The van der Waals surface area contributed by atoms with Gasteiger partial charge in [-0.15, -0.1) is 0 Å². The number of halogens is 3. The van der Waals surface area contributed by atoms with Crippen molar-refractivity contribution in [3.05, 3.63) is 41.7 Å². The quantitative estimate of drug-likeness (QED) is 0.410. The second-order valence-electron chi connectivity index (χ2n) is 11.2. The van der Waals surface area contributed by atoms with Gasteiger partial charge in [0, 0.05) is 25.5 Å². The number of alkyl halides is 3. The summed E-state index contributed by atoms with van der Waals surface area (Å²) in [6.45, 7) is 10.6. The number of nitrogens with zero attached hydrogens (tertiary/aromatic N) is 3. The Hall–Kier alpha value is -3.83. The van der Waals surface area contributed by atoms with E-state index in [9.17, 15) is 22.8 Å². The molecule has 0 radical (unpaired) electrons. The number of aromatic nitrogens is 3. The van der Waals surface area contributed by atoms with Crippen LogP contribution in [0.2, 0.25) is 0 Å². The van der Waals surface area contributed by atoms with Crippen molar-refractivity contribution in [1.82, 2.24) is 25.6 Å². The largest absolute Gasteiger partial charge is 0.444 e. The molecule has 210 valence electrons. The number of benzene rings is 1. The third-order valence-corrected chi connectivity index (χ3v) is 6.56. The predicted molar refractivity (Wildman–Crippen MR) is 142 cm³/mol. The van der Waals surface area contributed by atoms with Gasteiger partial charge in [-0.2, -0.15) is 13.2 Å². The monoisotopic (exact) mass is 546 g/mol. The summed E-state index contributed by atoms with van der Waals surface area (Å²) in [5, 5.41) is 4.95. The molecular formula is C27H33F3N6O3. The summed E-state index contributed by atoms with van der Waals surface area (Å²) in [4.78, 5) is 39.7. The lowest BCUT2D eigenvalue weighted by atomic mass is 10.0. The second kappa shape index (κ2) is 10.0. The fraction of sp³-hybridized carbons (Fsp3) is 0.481. The molecule has 0 bridgehead atoms. The average molecular weight is 547 g/mol. The molecule has 3 heterocycles. The lowest BCUT2D eigenvalue weighted by molar-refractivity contribution is -0.149. The van der Waals surface area contributed by atoms with Crippen molar-refractivity contribution >= 4 is 28.7 Å². The van der Waals surface area contributed by atoms with Gasteiger partial charge in [0.15, 0.2) is 0 Å². The minimum Gasteiger partial charge on any atom is -0.444 e. The van der Waals surface area contributed by atoms with Crippen molar-refractivity contribution < 1.29 is 27.5 Å². The molecule has 1 unspecified atom stereocenters. The number of nitrogens with one attached hydrogen (secondary N) is 3. The van der Waals surface area contributed by atoms with E-state index in [1.807, 2.05) is 42.3 Å². The Balaban J connectivity index is 1.75. The smallest absolute Gasteiger partial charge is 0.408 e. The van der Waals surface area contributed by atoms with Crippen LogP contribution in [-0.4, -0.2) is 63.4 Å². The number of aromatic amines is 1. The molecule has 2 atom stereocenters. The highest BCUT2D eigenvalue weighted by molar-refractivity contribution is 6.03. The Labute approximate surface area is 224 Å². The van der Waals surface area contributed by atoms with Crippen LogP contribution in [0.4, 0.5) is 23.7 Å². The highest BCUT2D eigenvalue weighted by atomic mass is 19.4. The molecule has 1 aliphatic rings. The van der Waals surface area contributed by atoms with Gasteiger partial charge in [-0.3, -0.25) is 9.78 Å². The van der Waals surface area contributed by atoms with Gasteiger partial charge in [0.1, 0.15) is 17.5 Å². The zero-order chi connectivity index (χ0) is 28.8. The van der Waals surface area contributed by atoms with Crippen molar-refractivity contribution in [2.75, 3.05) is 18.0 Å². The number of imidazole rings is 1. The first kappa shape index (κ1) is 28.2. The highest BCUT2D eigenvalue weighted by Gasteiger charge is 2.40. The zero-order valence-electron chi connectivity index (χ0n) is 22.8. The minimum atomic E-state index is -4.61. The fourth-order valence-corrected chi connectivity index (χ4v) is 4.60. The number of alkyl carbamates (subject to hydrolysis) is 1. The molecule has 2 amide bonds. The molecule has 0 saturated carbocycles. The molecule has 9 nitrogen and oxygen atoms in total. The molecule has 1 aliphatic heterocycles. The number of amides is 2. The Morgan fingerprint density at radius 3 is 2.56 bits per heavy atom. The van der Waals surface area contributed by atoms with Gasteiger partial charge in [0.05, 0.1) is 33.4 Å². The first-order valence-corrected chi connectivity index (χ1v) is 12.6. The van der Waals surface area contributed by atoms with Crippen molar-refractivity contribution in [2.45, 2.75) is 71.3 Å². The number of para-hydroxylation sites is 1. The number of H-pyrrole nitrogens is 1. The van der Waals surface area contributed by atoms with Gasteiger partial charge in [-0.05, 0) is 59.6 Å². The first-order chi connectivity index (χ1) is 18.1. The molecule has 3 aromatic rings. The molecule has 4 rings (SSSR count). The lowest BCUT2D eigenvalue weighted by Gasteiger charge is -2.30. The van der Waals surface area contributed by atoms with Crippen LogP contribution in [0, 0.1) is 6.92 Å². The molecule has 0 spiro atoms. The SMILES string of the molecule is Cc1cccc2[nH]c(-c3cncc(C(=O)NC(C)C(F)(F)F)c3N3CC[C@](C)(NC(=O)OC(C)(C)C)C3)nc12. The van der Waals surface area contributed by atoms with Crippen LogP contribution in [0.5, 0.6) is 0 Å². The normalized spacial score (nSPS) is 18.7. The first-order valence-electron chi connectivity index (χ1n) is 12.6. The molecule has 2 aromatic heterocycles.